The second-order valence-corrected chi connectivity index (χ2v) is 9.06. The zero-order valence-corrected chi connectivity index (χ0v) is 18.5. The Labute approximate surface area is 183 Å². The fourth-order valence-electron chi connectivity index (χ4n) is 4.85. The standard InChI is InChI=1S/C23H33N5O3/c1-16-5-6-18-19(15-16)25-23(26-22(18)31)8-7-20(29)28(13-9-23)17(2)21(30)24-10-14-27-11-3-4-12-27/h5-6,15,17,25H,3-4,7-14H2,1-2H3,(H,24,30)(H,26,31)/t17-,23-/m1/s1. The van der Waals surface area contributed by atoms with Gasteiger partial charge in [0.15, 0.2) is 0 Å². The number of nitrogens with zero attached hydrogens (tertiary/aromatic N) is 2. The molecule has 4 rings (SSSR count). The first-order valence-corrected chi connectivity index (χ1v) is 11.4. The lowest BCUT2D eigenvalue weighted by atomic mass is 9.94. The number of fused-ring (bicyclic) bond motifs is 1. The van der Waals surface area contributed by atoms with E-state index in [1.807, 2.05) is 25.1 Å². The van der Waals surface area contributed by atoms with E-state index in [4.69, 9.17) is 0 Å². The lowest BCUT2D eigenvalue weighted by Crippen LogP contribution is -2.58. The molecule has 3 aliphatic rings. The van der Waals surface area contributed by atoms with E-state index in [0.717, 1.165) is 30.9 Å². The summed E-state index contributed by atoms with van der Waals surface area (Å²) in [7, 11) is 0. The number of benzene rings is 1. The number of hydrogen-bond acceptors (Lipinski definition) is 5. The SMILES string of the molecule is Cc1ccc2c(c1)N[C@]1(CCC(=O)N([C@H](C)C(=O)NCCN3CCCC3)CC1)NC2=O. The minimum atomic E-state index is -0.672. The summed E-state index contributed by atoms with van der Waals surface area (Å²) in [5, 5.41) is 9.55. The molecule has 1 aromatic carbocycles. The van der Waals surface area contributed by atoms with Gasteiger partial charge in [0.25, 0.3) is 5.91 Å². The zero-order valence-electron chi connectivity index (χ0n) is 18.5. The molecule has 0 unspecified atom stereocenters. The van der Waals surface area contributed by atoms with E-state index in [1.54, 1.807) is 11.8 Å². The van der Waals surface area contributed by atoms with E-state index in [9.17, 15) is 14.4 Å². The number of nitrogens with one attached hydrogen (secondary N) is 3. The summed E-state index contributed by atoms with van der Waals surface area (Å²) < 4.78 is 0. The van der Waals surface area contributed by atoms with Gasteiger partial charge in [-0.1, -0.05) is 6.07 Å². The molecule has 8 nitrogen and oxygen atoms in total. The van der Waals surface area contributed by atoms with Crippen molar-refractivity contribution in [3.05, 3.63) is 29.3 Å². The molecule has 3 N–H and O–H groups in total. The van der Waals surface area contributed by atoms with E-state index < -0.39 is 11.7 Å². The summed E-state index contributed by atoms with van der Waals surface area (Å²) in [5.41, 5.74) is 1.82. The van der Waals surface area contributed by atoms with Gasteiger partial charge >= 0.3 is 0 Å². The monoisotopic (exact) mass is 427 g/mol. The van der Waals surface area contributed by atoms with Crippen LogP contribution in [0.25, 0.3) is 0 Å². The van der Waals surface area contributed by atoms with Crippen LogP contribution in [0.4, 0.5) is 5.69 Å². The molecule has 1 aromatic rings. The molecule has 3 aliphatic heterocycles. The van der Waals surface area contributed by atoms with Crippen LogP contribution in [0, 0.1) is 6.92 Å². The van der Waals surface area contributed by atoms with Gasteiger partial charge in [0.1, 0.15) is 11.7 Å². The average molecular weight is 428 g/mol. The van der Waals surface area contributed by atoms with E-state index >= 15 is 0 Å². The van der Waals surface area contributed by atoms with Crippen LogP contribution in [0.2, 0.25) is 0 Å². The third kappa shape index (κ3) is 4.69. The maximum Gasteiger partial charge on any atom is 0.255 e. The van der Waals surface area contributed by atoms with Gasteiger partial charge in [0, 0.05) is 38.2 Å². The second-order valence-electron chi connectivity index (χ2n) is 9.06. The smallest absolute Gasteiger partial charge is 0.255 e. The van der Waals surface area contributed by atoms with Gasteiger partial charge < -0.3 is 25.8 Å². The molecule has 8 heteroatoms. The third-order valence-electron chi connectivity index (χ3n) is 6.78. The van der Waals surface area contributed by atoms with Crippen LogP contribution in [-0.4, -0.2) is 71.9 Å². The Kier molecular flexibility index (Phi) is 6.18. The molecule has 0 radical (unpaired) electrons. The topological polar surface area (TPSA) is 93.8 Å². The molecule has 2 atom stereocenters. The van der Waals surface area contributed by atoms with E-state index in [-0.39, 0.29) is 24.1 Å². The number of carbonyl (C=O) groups excluding carboxylic acids is 3. The van der Waals surface area contributed by atoms with Gasteiger partial charge in [0.2, 0.25) is 11.8 Å². The Balaban J connectivity index is 1.38. The number of anilines is 1. The first-order chi connectivity index (χ1) is 14.9. The molecule has 3 amide bonds. The summed E-state index contributed by atoms with van der Waals surface area (Å²) in [5.74, 6) is -0.294. The first kappa shape index (κ1) is 21.6. The average Bonchev–Trinajstić information content (AvgIpc) is 3.20. The molecule has 0 saturated carbocycles. The Morgan fingerprint density at radius 2 is 1.94 bits per heavy atom. The van der Waals surface area contributed by atoms with Crippen molar-refractivity contribution in [2.24, 2.45) is 0 Å². The van der Waals surface area contributed by atoms with Gasteiger partial charge in [-0.25, -0.2) is 0 Å². The van der Waals surface area contributed by atoms with Crippen LogP contribution in [-0.2, 0) is 9.59 Å². The minimum Gasteiger partial charge on any atom is -0.362 e. The maximum absolute atomic E-state index is 12.8. The molecule has 0 aliphatic carbocycles. The van der Waals surface area contributed by atoms with Crippen molar-refractivity contribution >= 4 is 23.4 Å². The quantitative estimate of drug-likeness (QED) is 0.662. The number of amides is 3. The summed E-state index contributed by atoms with van der Waals surface area (Å²) >= 11 is 0. The van der Waals surface area contributed by atoms with Gasteiger partial charge in [-0.2, -0.15) is 0 Å². The third-order valence-corrected chi connectivity index (χ3v) is 6.78. The molecular formula is C23H33N5O3. The van der Waals surface area contributed by atoms with Gasteiger partial charge in [0.05, 0.1) is 5.56 Å². The molecule has 168 valence electrons. The highest BCUT2D eigenvalue weighted by Crippen LogP contribution is 2.32. The predicted octanol–water partition coefficient (Wildman–Crippen LogP) is 1.46. The Bertz CT molecular complexity index is 867. The summed E-state index contributed by atoms with van der Waals surface area (Å²) in [6.07, 6.45) is 3.76. The number of aryl methyl sites for hydroxylation is 1. The normalized spacial score (nSPS) is 24.9. The van der Waals surface area contributed by atoms with Crippen molar-refractivity contribution in [2.75, 3.05) is 38.0 Å². The van der Waals surface area contributed by atoms with Crippen LogP contribution < -0.4 is 16.0 Å². The van der Waals surface area contributed by atoms with Crippen molar-refractivity contribution in [3.8, 4) is 0 Å². The Hall–Kier alpha value is -2.61. The van der Waals surface area contributed by atoms with Gasteiger partial charge in [-0.3, -0.25) is 14.4 Å². The Morgan fingerprint density at radius 3 is 2.71 bits per heavy atom. The summed E-state index contributed by atoms with van der Waals surface area (Å²) in [6, 6.07) is 5.18. The van der Waals surface area contributed by atoms with Crippen molar-refractivity contribution in [1.29, 1.82) is 0 Å². The van der Waals surface area contributed by atoms with Gasteiger partial charge in [-0.05, 0) is 63.9 Å². The molecule has 2 saturated heterocycles. The maximum atomic E-state index is 12.8. The fourth-order valence-corrected chi connectivity index (χ4v) is 4.85. The molecule has 3 heterocycles. The lowest BCUT2D eigenvalue weighted by Gasteiger charge is -2.40. The Morgan fingerprint density at radius 1 is 1.16 bits per heavy atom. The number of carbonyl (C=O) groups is 3. The first-order valence-electron chi connectivity index (χ1n) is 11.4. The molecule has 31 heavy (non-hydrogen) atoms. The van der Waals surface area contributed by atoms with Gasteiger partial charge in [-0.15, -0.1) is 0 Å². The molecular weight excluding hydrogens is 394 g/mol. The molecule has 1 spiro atoms. The molecule has 2 fully saturated rings. The van der Waals surface area contributed by atoms with Crippen molar-refractivity contribution < 1.29 is 14.4 Å². The summed E-state index contributed by atoms with van der Waals surface area (Å²) in [4.78, 5) is 42.2. The van der Waals surface area contributed by atoms with Crippen molar-refractivity contribution in [1.82, 2.24) is 20.4 Å². The zero-order chi connectivity index (χ0) is 22.0. The summed E-state index contributed by atoms with van der Waals surface area (Å²) in [6.45, 7) is 7.83. The largest absolute Gasteiger partial charge is 0.362 e. The highest BCUT2D eigenvalue weighted by atomic mass is 16.2. The van der Waals surface area contributed by atoms with Crippen LogP contribution >= 0.6 is 0 Å². The van der Waals surface area contributed by atoms with E-state index in [1.165, 1.54) is 12.8 Å². The number of likely N-dealkylation sites (tertiary alicyclic amines) is 2. The lowest BCUT2D eigenvalue weighted by molar-refractivity contribution is -0.139. The number of hydrogen-bond donors (Lipinski definition) is 3. The highest BCUT2D eigenvalue weighted by molar-refractivity contribution is 6.02. The number of rotatable bonds is 5. The molecule has 0 bridgehead atoms. The fraction of sp³-hybridized carbons (Fsp3) is 0.609. The second kappa shape index (κ2) is 8.86. The van der Waals surface area contributed by atoms with E-state index in [2.05, 4.69) is 20.9 Å². The van der Waals surface area contributed by atoms with Crippen LogP contribution in [0.3, 0.4) is 0 Å². The van der Waals surface area contributed by atoms with E-state index in [0.29, 0.717) is 31.5 Å². The van der Waals surface area contributed by atoms with Crippen LogP contribution in [0.15, 0.2) is 18.2 Å². The van der Waals surface area contributed by atoms with Crippen LogP contribution in [0.5, 0.6) is 0 Å². The minimum absolute atomic E-state index is 0.0508. The van der Waals surface area contributed by atoms with Crippen molar-refractivity contribution in [2.45, 2.75) is 57.7 Å². The molecule has 0 aromatic heterocycles. The van der Waals surface area contributed by atoms with Crippen molar-refractivity contribution in [3.63, 3.8) is 0 Å². The van der Waals surface area contributed by atoms with Crippen LogP contribution in [0.1, 0.15) is 54.9 Å². The highest BCUT2D eigenvalue weighted by Gasteiger charge is 2.41. The predicted molar refractivity (Wildman–Crippen MR) is 119 cm³/mol.